The first-order valence-corrected chi connectivity index (χ1v) is 14.4. The maximum absolute atomic E-state index is 13.8. The number of carbonyl (C=O) groups excluding carboxylic acids is 2. The molecule has 1 N–H and O–H groups in total. The maximum atomic E-state index is 13.8. The van der Waals surface area contributed by atoms with Crippen molar-refractivity contribution in [2.75, 3.05) is 23.9 Å². The second-order valence-electron chi connectivity index (χ2n) is 9.09. The van der Waals surface area contributed by atoms with Crippen molar-refractivity contribution < 1.29 is 18.0 Å². The summed E-state index contributed by atoms with van der Waals surface area (Å²) in [6.45, 7) is 5.72. The van der Waals surface area contributed by atoms with Crippen LogP contribution in [0.1, 0.15) is 31.4 Å². The van der Waals surface area contributed by atoms with E-state index < -0.39 is 28.5 Å². The summed E-state index contributed by atoms with van der Waals surface area (Å²) in [5.74, 6) is -0.778. The Morgan fingerprint density at radius 2 is 1.66 bits per heavy atom. The summed E-state index contributed by atoms with van der Waals surface area (Å²) in [6, 6.07) is 21.6. The van der Waals surface area contributed by atoms with Crippen LogP contribution >= 0.6 is 11.6 Å². The first-order valence-electron chi connectivity index (χ1n) is 12.6. The number of nitrogens with zero attached hydrogens (tertiary/aromatic N) is 2. The minimum atomic E-state index is -4.12. The quantitative estimate of drug-likeness (QED) is 0.347. The molecule has 0 aromatic heterocycles. The molecular weight excluding hydrogens is 522 g/mol. The number of aryl methyl sites for hydroxylation is 1. The lowest BCUT2D eigenvalue weighted by Crippen LogP contribution is -2.52. The van der Waals surface area contributed by atoms with Crippen molar-refractivity contribution in [2.45, 2.75) is 44.6 Å². The van der Waals surface area contributed by atoms with Crippen molar-refractivity contribution in [3.63, 3.8) is 0 Å². The van der Waals surface area contributed by atoms with E-state index in [-0.39, 0.29) is 23.0 Å². The van der Waals surface area contributed by atoms with Gasteiger partial charge in [-0.05, 0) is 62.6 Å². The molecule has 0 saturated carbocycles. The van der Waals surface area contributed by atoms with Gasteiger partial charge in [0.2, 0.25) is 11.8 Å². The van der Waals surface area contributed by atoms with Gasteiger partial charge < -0.3 is 10.2 Å². The molecule has 3 aromatic rings. The summed E-state index contributed by atoms with van der Waals surface area (Å²) in [4.78, 5) is 28.1. The highest BCUT2D eigenvalue weighted by molar-refractivity contribution is 7.92. The van der Waals surface area contributed by atoms with Crippen LogP contribution < -0.4 is 9.62 Å². The third-order valence-corrected chi connectivity index (χ3v) is 8.21. The third kappa shape index (κ3) is 7.58. The molecule has 1 atom stereocenters. The molecule has 7 nitrogen and oxygen atoms in total. The summed E-state index contributed by atoms with van der Waals surface area (Å²) in [6.07, 6.45) is 1.27. The van der Waals surface area contributed by atoms with Gasteiger partial charge in [-0.25, -0.2) is 8.42 Å². The van der Waals surface area contributed by atoms with Crippen LogP contribution in [0, 0.1) is 6.92 Å². The van der Waals surface area contributed by atoms with Gasteiger partial charge >= 0.3 is 0 Å². The SMILES string of the molecule is CCCNC(=O)[C@@H](C)N(CCc1ccccc1)C(=O)CN(c1cccc(Cl)c1)S(=O)(=O)c1ccc(C)cc1. The number of carbonyl (C=O) groups is 2. The third-order valence-electron chi connectivity index (χ3n) is 6.18. The van der Waals surface area contributed by atoms with Crippen molar-refractivity contribution in [1.82, 2.24) is 10.2 Å². The highest BCUT2D eigenvalue weighted by atomic mass is 35.5. The molecule has 202 valence electrons. The molecule has 0 aliphatic carbocycles. The largest absolute Gasteiger partial charge is 0.354 e. The van der Waals surface area contributed by atoms with Gasteiger partial charge in [0.05, 0.1) is 10.6 Å². The van der Waals surface area contributed by atoms with Crippen LogP contribution in [0.2, 0.25) is 5.02 Å². The zero-order chi connectivity index (χ0) is 27.7. The van der Waals surface area contributed by atoms with Crippen molar-refractivity contribution in [3.05, 3.63) is 95.0 Å². The number of sulfonamides is 1. The average Bonchev–Trinajstić information content (AvgIpc) is 2.91. The predicted molar refractivity (Wildman–Crippen MR) is 152 cm³/mol. The summed E-state index contributed by atoms with van der Waals surface area (Å²) in [5, 5.41) is 3.18. The van der Waals surface area contributed by atoms with Crippen LogP contribution in [0.3, 0.4) is 0 Å². The van der Waals surface area contributed by atoms with Gasteiger partial charge in [0, 0.05) is 18.1 Å². The summed E-state index contributed by atoms with van der Waals surface area (Å²) < 4.78 is 28.6. The second kappa shape index (κ2) is 13.4. The van der Waals surface area contributed by atoms with E-state index in [0.29, 0.717) is 18.0 Å². The van der Waals surface area contributed by atoms with Crippen molar-refractivity contribution >= 4 is 39.1 Å². The lowest BCUT2D eigenvalue weighted by Gasteiger charge is -2.32. The Morgan fingerprint density at radius 3 is 2.29 bits per heavy atom. The number of anilines is 1. The molecule has 3 rings (SSSR count). The molecule has 0 aliphatic rings. The minimum Gasteiger partial charge on any atom is -0.354 e. The van der Waals surface area contributed by atoms with Gasteiger partial charge in [-0.15, -0.1) is 0 Å². The van der Waals surface area contributed by atoms with Crippen LogP contribution in [0.4, 0.5) is 5.69 Å². The number of amides is 2. The molecule has 0 bridgehead atoms. The summed E-state index contributed by atoms with van der Waals surface area (Å²) in [5.41, 5.74) is 2.18. The molecule has 2 amide bonds. The van der Waals surface area contributed by atoms with Crippen LogP contribution in [0.15, 0.2) is 83.8 Å². The molecular formula is C29H34ClN3O4S. The Morgan fingerprint density at radius 1 is 0.974 bits per heavy atom. The van der Waals surface area contributed by atoms with Crippen LogP contribution in [-0.4, -0.2) is 50.8 Å². The van der Waals surface area contributed by atoms with Crippen molar-refractivity contribution in [1.29, 1.82) is 0 Å². The normalized spacial score (nSPS) is 12.0. The highest BCUT2D eigenvalue weighted by Crippen LogP contribution is 2.27. The zero-order valence-corrected chi connectivity index (χ0v) is 23.5. The summed E-state index contributed by atoms with van der Waals surface area (Å²) >= 11 is 6.19. The molecule has 0 radical (unpaired) electrons. The lowest BCUT2D eigenvalue weighted by molar-refractivity contribution is -0.138. The number of hydrogen-bond donors (Lipinski definition) is 1. The Bertz CT molecular complexity index is 1330. The van der Waals surface area contributed by atoms with Crippen molar-refractivity contribution in [3.8, 4) is 0 Å². The highest BCUT2D eigenvalue weighted by Gasteiger charge is 2.32. The van der Waals surface area contributed by atoms with Gasteiger partial charge in [0.1, 0.15) is 12.6 Å². The van der Waals surface area contributed by atoms with Gasteiger partial charge in [0.15, 0.2) is 0 Å². The van der Waals surface area contributed by atoms with Crippen LogP contribution in [0.25, 0.3) is 0 Å². The van der Waals surface area contributed by atoms with E-state index in [9.17, 15) is 18.0 Å². The van der Waals surface area contributed by atoms with E-state index in [4.69, 9.17) is 11.6 Å². The van der Waals surface area contributed by atoms with Gasteiger partial charge in [-0.1, -0.05) is 72.6 Å². The van der Waals surface area contributed by atoms with Crippen molar-refractivity contribution in [2.24, 2.45) is 0 Å². The topological polar surface area (TPSA) is 86.8 Å². The lowest BCUT2D eigenvalue weighted by atomic mass is 10.1. The van der Waals surface area contributed by atoms with Gasteiger partial charge in [-0.3, -0.25) is 13.9 Å². The molecule has 0 saturated heterocycles. The predicted octanol–water partition coefficient (Wildman–Crippen LogP) is 4.83. The minimum absolute atomic E-state index is 0.0560. The van der Waals surface area contributed by atoms with E-state index in [1.165, 1.54) is 23.1 Å². The molecule has 0 heterocycles. The number of halogens is 1. The molecule has 0 aliphatic heterocycles. The standard InChI is InChI=1S/C29H34ClN3O4S/c1-4-18-31-29(35)23(3)32(19-17-24-9-6-5-7-10-24)28(34)21-33(26-12-8-11-25(30)20-26)38(36,37)27-15-13-22(2)14-16-27/h5-16,20,23H,4,17-19,21H2,1-3H3,(H,31,35)/t23-/m1/s1. The Balaban J connectivity index is 1.96. The fraction of sp³-hybridized carbons (Fsp3) is 0.310. The van der Waals surface area contributed by atoms with Crippen LogP contribution in [-0.2, 0) is 26.0 Å². The van der Waals surface area contributed by atoms with Gasteiger partial charge in [0.25, 0.3) is 10.0 Å². The van der Waals surface area contributed by atoms with E-state index in [1.807, 2.05) is 44.2 Å². The maximum Gasteiger partial charge on any atom is 0.264 e. The Kier molecular flexibility index (Phi) is 10.3. The van der Waals surface area contributed by atoms with E-state index >= 15 is 0 Å². The first-order chi connectivity index (χ1) is 18.1. The number of benzene rings is 3. The van der Waals surface area contributed by atoms with Crippen LogP contribution in [0.5, 0.6) is 0 Å². The second-order valence-corrected chi connectivity index (χ2v) is 11.4. The molecule has 0 spiro atoms. The molecule has 9 heteroatoms. The number of nitrogens with one attached hydrogen (secondary N) is 1. The van der Waals surface area contributed by atoms with E-state index in [0.717, 1.165) is 21.9 Å². The molecule has 38 heavy (non-hydrogen) atoms. The number of rotatable bonds is 12. The molecule has 3 aromatic carbocycles. The van der Waals surface area contributed by atoms with Gasteiger partial charge in [-0.2, -0.15) is 0 Å². The number of hydrogen-bond acceptors (Lipinski definition) is 4. The molecule has 0 unspecified atom stereocenters. The fourth-order valence-corrected chi connectivity index (χ4v) is 5.55. The zero-order valence-electron chi connectivity index (χ0n) is 21.9. The van der Waals surface area contributed by atoms with E-state index in [1.54, 1.807) is 37.3 Å². The Labute approximate surface area is 230 Å². The summed E-state index contributed by atoms with van der Waals surface area (Å²) in [7, 11) is -4.12. The smallest absolute Gasteiger partial charge is 0.264 e. The average molecular weight is 556 g/mol. The monoisotopic (exact) mass is 555 g/mol. The van der Waals surface area contributed by atoms with E-state index in [2.05, 4.69) is 5.32 Å². The molecule has 0 fully saturated rings. The first kappa shape index (κ1) is 29.2. The Hall–Kier alpha value is -3.36. The fourth-order valence-electron chi connectivity index (χ4n) is 3.96.